The maximum Gasteiger partial charge on any atom is 0.166 e. The molecule has 15 heavy (non-hydrogen) atoms. The average Bonchev–Trinajstić information content (AvgIpc) is 2.20. The third-order valence-corrected chi connectivity index (χ3v) is 2.27. The van der Waals surface area contributed by atoms with Gasteiger partial charge in [0.05, 0.1) is 0 Å². The fraction of sp³-hybridized carbons (Fsp3) is 0.455. The van der Waals surface area contributed by atoms with Crippen molar-refractivity contribution in [3.8, 4) is 0 Å². The van der Waals surface area contributed by atoms with Gasteiger partial charge >= 0.3 is 0 Å². The predicted octanol–water partition coefficient (Wildman–Crippen LogP) is 0.792. The van der Waals surface area contributed by atoms with Gasteiger partial charge in [0.15, 0.2) is 5.78 Å². The van der Waals surface area contributed by atoms with Gasteiger partial charge in [0.1, 0.15) is 6.10 Å². The molecule has 4 nitrogen and oxygen atoms in total. The largest absolute Gasteiger partial charge is 0.398 e. The van der Waals surface area contributed by atoms with E-state index in [0.717, 1.165) is 0 Å². The predicted molar refractivity (Wildman–Crippen MR) is 58.2 cm³/mol. The van der Waals surface area contributed by atoms with E-state index in [4.69, 9.17) is 5.73 Å². The van der Waals surface area contributed by atoms with E-state index < -0.39 is 6.10 Å². The number of ketones is 1. The quantitative estimate of drug-likeness (QED) is 0.767. The van der Waals surface area contributed by atoms with Crippen LogP contribution in [0.5, 0.6) is 0 Å². The number of hydrogen-bond donors (Lipinski definition) is 2. The van der Waals surface area contributed by atoms with Crippen LogP contribution in [-0.4, -0.2) is 22.0 Å². The van der Waals surface area contributed by atoms with Crippen LogP contribution in [-0.2, 0) is 11.2 Å². The molecule has 0 amide bonds. The van der Waals surface area contributed by atoms with Gasteiger partial charge in [-0.3, -0.25) is 9.78 Å². The van der Waals surface area contributed by atoms with Crippen molar-refractivity contribution < 1.29 is 9.90 Å². The number of nitrogens with zero attached hydrogens (tertiary/aromatic N) is 1. The first-order valence-corrected chi connectivity index (χ1v) is 4.91. The lowest BCUT2D eigenvalue weighted by atomic mass is 9.98. The van der Waals surface area contributed by atoms with Crippen molar-refractivity contribution in [1.82, 2.24) is 4.98 Å². The number of rotatable bonds is 4. The monoisotopic (exact) mass is 208 g/mol. The summed E-state index contributed by atoms with van der Waals surface area (Å²) in [6, 6.07) is 1.64. The lowest BCUT2D eigenvalue weighted by Crippen LogP contribution is -2.27. The molecule has 0 fully saturated rings. The van der Waals surface area contributed by atoms with Gasteiger partial charge in [0, 0.05) is 30.1 Å². The Morgan fingerprint density at radius 3 is 2.80 bits per heavy atom. The van der Waals surface area contributed by atoms with E-state index >= 15 is 0 Å². The molecule has 0 aliphatic rings. The SMILES string of the molecule is CC(C)C(O)C(=O)Cc1cnccc1N. The summed E-state index contributed by atoms with van der Waals surface area (Å²) >= 11 is 0. The van der Waals surface area contributed by atoms with Crippen molar-refractivity contribution in [3.63, 3.8) is 0 Å². The molecular weight excluding hydrogens is 192 g/mol. The molecule has 1 aromatic rings. The number of Topliss-reactive ketones (excluding diaryl/α,β-unsaturated/α-hetero) is 1. The number of aliphatic hydroxyl groups excluding tert-OH is 1. The van der Waals surface area contributed by atoms with Crippen LogP contribution in [0.25, 0.3) is 0 Å². The fourth-order valence-corrected chi connectivity index (χ4v) is 1.25. The highest BCUT2D eigenvalue weighted by molar-refractivity contribution is 5.86. The second kappa shape index (κ2) is 4.89. The number of carbonyl (C=O) groups is 1. The molecule has 4 heteroatoms. The number of aliphatic hydroxyl groups is 1. The van der Waals surface area contributed by atoms with Crippen molar-refractivity contribution in [1.29, 1.82) is 0 Å². The summed E-state index contributed by atoms with van der Waals surface area (Å²) in [6.45, 7) is 3.60. The zero-order chi connectivity index (χ0) is 11.4. The Morgan fingerprint density at radius 2 is 2.27 bits per heavy atom. The van der Waals surface area contributed by atoms with Crippen LogP contribution in [0.2, 0.25) is 0 Å². The Hall–Kier alpha value is -1.42. The average molecular weight is 208 g/mol. The number of pyridine rings is 1. The number of anilines is 1. The first-order chi connectivity index (χ1) is 7.02. The molecule has 1 atom stereocenters. The summed E-state index contributed by atoms with van der Waals surface area (Å²) in [4.78, 5) is 15.5. The maximum absolute atomic E-state index is 11.6. The van der Waals surface area contributed by atoms with Crippen molar-refractivity contribution in [2.24, 2.45) is 5.92 Å². The van der Waals surface area contributed by atoms with Crippen LogP contribution in [0.4, 0.5) is 5.69 Å². The van der Waals surface area contributed by atoms with Crippen LogP contribution in [0.3, 0.4) is 0 Å². The molecule has 0 saturated heterocycles. The van der Waals surface area contributed by atoms with Gasteiger partial charge in [-0.05, 0) is 12.0 Å². The lowest BCUT2D eigenvalue weighted by molar-refractivity contribution is -0.128. The van der Waals surface area contributed by atoms with Crippen molar-refractivity contribution in [2.75, 3.05) is 5.73 Å². The minimum Gasteiger partial charge on any atom is -0.398 e. The van der Waals surface area contributed by atoms with Gasteiger partial charge in [-0.1, -0.05) is 13.8 Å². The lowest BCUT2D eigenvalue weighted by Gasteiger charge is -2.13. The van der Waals surface area contributed by atoms with E-state index in [1.54, 1.807) is 32.3 Å². The van der Waals surface area contributed by atoms with Gasteiger partial charge in [-0.2, -0.15) is 0 Å². The molecule has 0 aromatic carbocycles. The molecule has 0 bridgehead atoms. The third-order valence-electron chi connectivity index (χ3n) is 2.27. The molecule has 3 N–H and O–H groups in total. The molecule has 82 valence electrons. The Morgan fingerprint density at radius 1 is 1.60 bits per heavy atom. The maximum atomic E-state index is 11.6. The summed E-state index contributed by atoms with van der Waals surface area (Å²) in [6.07, 6.45) is 2.34. The molecule has 1 rings (SSSR count). The van der Waals surface area contributed by atoms with Crippen molar-refractivity contribution >= 4 is 11.5 Å². The number of nitrogens with two attached hydrogens (primary N) is 1. The highest BCUT2D eigenvalue weighted by Gasteiger charge is 2.19. The second-order valence-electron chi connectivity index (χ2n) is 3.91. The minimum atomic E-state index is -0.926. The summed E-state index contributed by atoms with van der Waals surface area (Å²) in [7, 11) is 0. The third kappa shape index (κ3) is 3.02. The Balaban J connectivity index is 2.71. The smallest absolute Gasteiger partial charge is 0.166 e. The highest BCUT2D eigenvalue weighted by Crippen LogP contribution is 2.12. The van der Waals surface area contributed by atoms with E-state index in [2.05, 4.69) is 4.98 Å². The fourth-order valence-electron chi connectivity index (χ4n) is 1.25. The molecule has 0 saturated carbocycles. The van der Waals surface area contributed by atoms with Crippen LogP contribution >= 0.6 is 0 Å². The Labute approximate surface area is 89.1 Å². The zero-order valence-electron chi connectivity index (χ0n) is 8.97. The van der Waals surface area contributed by atoms with Gasteiger partial charge in [0.2, 0.25) is 0 Å². The van der Waals surface area contributed by atoms with Crippen molar-refractivity contribution in [2.45, 2.75) is 26.4 Å². The number of aromatic nitrogens is 1. The van der Waals surface area contributed by atoms with Gasteiger partial charge in [-0.25, -0.2) is 0 Å². The minimum absolute atomic E-state index is 0.0737. The van der Waals surface area contributed by atoms with E-state index in [9.17, 15) is 9.90 Å². The first-order valence-electron chi connectivity index (χ1n) is 4.91. The molecular formula is C11H16N2O2. The Kier molecular flexibility index (Phi) is 3.80. The topological polar surface area (TPSA) is 76.2 Å². The number of carbonyl (C=O) groups excluding carboxylic acids is 1. The van der Waals surface area contributed by atoms with Gasteiger partial charge in [0.25, 0.3) is 0 Å². The first kappa shape index (κ1) is 11.7. The van der Waals surface area contributed by atoms with E-state index in [0.29, 0.717) is 11.3 Å². The van der Waals surface area contributed by atoms with E-state index in [-0.39, 0.29) is 18.1 Å². The van der Waals surface area contributed by atoms with E-state index in [1.807, 2.05) is 0 Å². The van der Waals surface area contributed by atoms with Crippen LogP contribution < -0.4 is 5.73 Å². The zero-order valence-corrected chi connectivity index (χ0v) is 8.97. The number of nitrogen functional groups attached to an aromatic ring is 1. The van der Waals surface area contributed by atoms with Crippen LogP contribution in [0, 0.1) is 5.92 Å². The highest BCUT2D eigenvalue weighted by atomic mass is 16.3. The summed E-state index contributed by atoms with van der Waals surface area (Å²) in [5.74, 6) is -0.292. The normalized spacial score (nSPS) is 12.8. The molecule has 1 heterocycles. The molecule has 0 aliphatic carbocycles. The summed E-state index contributed by atoms with van der Waals surface area (Å²) < 4.78 is 0. The molecule has 1 aromatic heterocycles. The van der Waals surface area contributed by atoms with Crippen LogP contribution in [0.1, 0.15) is 19.4 Å². The second-order valence-corrected chi connectivity index (χ2v) is 3.91. The summed E-state index contributed by atoms with van der Waals surface area (Å²) in [5, 5.41) is 9.54. The Bertz CT molecular complexity index is 350. The van der Waals surface area contributed by atoms with Gasteiger partial charge in [-0.15, -0.1) is 0 Å². The molecule has 0 radical (unpaired) electrons. The summed E-state index contributed by atoms with van der Waals surface area (Å²) in [5.41, 5.74) is 6.88. The molecule has 0 aliphatic heterocycles. The standard InChI is InChI=1S/C11H16N2O2/c1-7(2)11(15)10(14)5-8-6-13-4-3-9(8)12/h3-4,6-7,11,15H,5H2,1-2H3,(H2,12,13). The van der Waals surface area contributed by atoms with E-state index in [1.165, 1.54) is 0 Å². The molecule has 0 spiro atoms. The van der Waals surface area contributed by atoms with Gasteiger partial charge < -0.3 is 10.8 Å². The van der Waals surface area contributed by atoms with Crippen LogP contribution in [0.15, 0.2) is 18.5 Å². The number of hydrogen-bond acceptors (Lipinski definition) is 4. The molecule has 1 unspecified atom stereocenters. The van der Waals surface area contributed by atoms with Crippen molar-refractivity contribution in [3.05, 3.63) is 24.0 Å².